The number of carbonyl (C=O) groups excluding carboxylic acids is 2. The maximum Gasteiger partial charge on any atom is 0.325 e. The number of nitrogens with two attached hydrogens (primary N) is 1. The molecular formula is C12H22N2O3. The van der Waals surface area contributed by atoms with Crippen LogP contribution in [0.5, 0.6) is 0 Å². The SMILES string of the molecule is CCOC(=O)CN(C(=O)[C@@H](N)C(C)C)C1CC1. The Morgan fingerprint density at radius 1 is 1.41 bits per heavy atom. The first-order chi connectivity index (χ1) is 7.97. The largest absolute Gasteiger partial charge is 0.465 e. The molecule has 0 unspecified atom stereocenters. The number of amides is 1. The lowest BCUT2D eigenvalue weighted by molar-refractivity contribution is -0.150. The van der Waals surface area contributed by atoms with Gasteiger partial charge in [0.2, 0.25) is 5.91 Å². The first-order valence-corrected chi connectivity index (χ1v) is 6.19. The molecule has 0 aromatic heterocycles. The Morgan fingerprint density at radius 2 is 2.00 bits per heavy atom. The highest BCUT2D eigenvalue weighted by Gasteiger charge is 2.36. The van der Waals surface area contributed by atoms with E-state index >= 15 is 0 Å². The van der Waals surface area contributed by atoms with Gasteiger partial charge in [0, 0.05) is 6.04 Å². The Bertz CT molecular complexity index is 287. The van der Waals surface area contributed by atoms with E-state index in [1.807, 2.05) is 13.8 Å². The van der Waals surface area contributed by atoms with Crippen LogP contribution in [-0.4, -0.2) is 42.0 Å². The minimum absolute atomic E-state index is 0.0256. The second kappa shape index (κ2) is 6.00. The second-order valence-electron chi connectivity index (χ2n) is 4.77. The molecule has 1 atom stereocenters. The zero-order chi connectivity index (χ0) is 13.0. The minimum atomic E-state index is -0.537. The maximum absolute atomic E-state index is 12.1. The van der Waals surface area contributed by atoms with E-state index in [-0.39, 0.29) is 30.4 Å². The molecule has 5 nitrogen and oxygen atoms in total. The molecule has 1 saturated carbocycles. The van der Waals surface area contributed by atoms with Crippen LogP contribution in [0.1, 0.15) is 33.6 Å². The van der Waals surface area contributed by atoms with Crippen molar-refractivity contribution in [3.8, 4) is 0 Å². The Labute approximate surface area is 102 Å². The number of rotatable bonds is 6. The van der Waals surface area contributed by atoms with Crippen LogP contribution in [0, 0.1) is 5.92 Å². The first kappa shape index (κ1) is 14.0. The molecule has 2 N–H and O–H groups in total. The van der Waals surface area contributed by atoms with E-state index in [9.17, 15) is 9.59 Å². The number of ether oxygens (including phenoxy) is 1. The van der Waals surface area contributed by atoms with E-state index in [4.69, 9.17) is 10.5 Å². The average molecular weight is 242 g/mol. The van der Waals surface area contributed by atoms with E-state index in [1.54, 1.807) is 11.8 Å². The molecule has 0 aromatic carbocycles. The molecule has 0 aromatic rings. The zero-order valence-corrected chi connectivity index (χ0v) is 10.8. The van der Waals surface area contributed by atoms with Crippen molar-refractivity contribution in [1.82, 2.24) is 4.90 Å². The Morgan fingerprint density at radius 3 is 2.41 bits per heavy atom. The van der Waals surface area contributed by atoms with Crippen LogP contribution in [-0.2, 0) is 14.3 Å². The first-order valence-electron chi connectivity index (χ1n) is 6.19. The monoisotopic (exact) mass is 242 g/mol. The van der Waals surface area contributed by atoms with E-state index in [1.165, 1.54) is 0 Å². The molecule has 0 heterocycles. The number of hydrogen-bond acceptors (Lipinski definition) is 4. The van der Waals surface area contributed by atoms with Gasteiger partial charge in [0.15, 0.2) is 0 Å². The average Bonchev–Trinajstić information content (AvgIpc) is 3.08. The summed E-state index contributed by atoms with van der Waals surface area (Å²) in [5.74, 6) is -0.426. The standard InChI is InChI=1S/C12H22N2O3/c1-4-17-10(15)7-14(9-5-6-9)12(16)11(13)8(2)3/h8-9,11H,4-7,13H2,1-3H3/t11-/m0/s1. The third-order valence-corrected chi connectivity index (χ3v) is 2.88. The third-order valence-electron chi connectivity index (χ3n) is 2.88. The summed E-state index contributed by atoms with van der Waals surface area (Å²) in [6, 6.07) is -0.360. The van der Waals surface area contributed by atoms with Gasteiger partial charge in [0.05, 0.1) is 12.6 Å². The van der Waals surface area contributed by atoms with Crippen LogP contribution in [0.2, 0.25) is 0 Å². The summed E-state index contributed by atoms with van der Waals surface area (Å²) in [5, 5.41) is 0. The van der Waals surface area contributed by atoms with E-state index in [0.717, 1.165) is 12.8 Å². The molecule has 98 valence electrons. The number of nitrogens with zero attached hydrogens (tertiary/aromatic N) is 1. The molecule has 1 aliphatic carbocycles. The van der Waals surface area contributed by atoms with Gasteiger partial charge in [-0.25, -0.2) is 0 Å². The van der Waals surface area contributed by atoms with Crippen molar-refractivity contribution < 1.29 is 14.3 Å². The summed E-state index contributed by atoms with van der Waals surface area (Å²) < 4.78 is 4.87. The fraction of sp³-hybridized carbons (Fsp3) is 0.833. The van der Waals surface area contributed by atoms with Gasteiger partial charge < -0.3 is 15.4 Å². The fourth-order valence-electron chi connectivity index (χ4n) is 1.60. The van der Waals surface area contributed by atoms with Gasteiger partial charge in [-0.1, -0.05) is 13.8 Å². The molecule has 1 rings (SSSR count). The maximum atomic E-state index is 12.1. The van der Waals surface area contributed by atoms with Crippen LogP contribution >= 0.6 is 0 Å². The zero-order valence-electron chi connectivity index (χ0n) is 10.8. The quantitative estimate of drug-likeness (QED) is 0.689. The smallest absolute Gasteiger partial charge is 0.325 e. The number of carbonyl (C=O) groups is 2. The van der Waals surface area contributed by atoms with Crippen molar-refractivity contribution in [2.24, 2.45) is 11.7 Å². The lowest BCUT2D eigenvalue weighted by Crippen LogP contribution is -2.49. The molecule has 0 spiro atoms. The third kappa shape index (κ3) is 4.00. The molecule has 1 aliphatic rings. The highest BCUT2D eigenvalue weighted by Crippen LogP contribution is 2.27. The molecular weight excluding hydrogens is 220 g/mol. The van der Waals surface area contributed by atoms with Crippen LogP contribution < -0.4 is 5.73 Å². The molecule has 17 heavy (non-hydrogen) atoms. The normalized spacial score (nSPS) is 16.8. The number of esters is 1. The summed E-state index contributed by atoms with van der Waals surface area (Å²) in [7, 11) is 0. The van der Waals surface area contributed by atoms with Crippen molar-refractivity contribution in [2.45, 2.75) is 45.7 Å². The highest BCUT2D eigenvalue weighted by molar-refractivity contribution is 5.86. The lowest BCUT2D eigenvalue weighted by atomic mass is 10.0. The van der Waals surface area contributed by atoms with Gasteiger partial charge in [-0.05, 0) is 25.7 Å². The van der Waals surface area contributed by atoms with Gasteiger partial charge in [-0.2, -0.15) is 0 Å². The van der Waals surface area contributed by atoms with E-state index in [0.29, 0.717) is 6.61 Å². The number of hydrogen-bond donors (Lipinski definition) is 1. The van der Waals surface area contributed by atoms with Gasteiger partial charge in [-0.3, -0.25) is 9.59 Å². The van der Waals surface area contributed by atoms with Gasteiger partial charge in [0.25, 0.3) is 0 Å². The van der Waals surface area contributed by atoms with Gasteiger partial charge in [0.1, 0.15) is 6.54 Å². The molecule has 0 saturated heterocycles. The molecule has 0 aliphatic heterocycles. The Balaban J connectivity index is 2.59. The summed E-state index contributed by atoms with van der Waals surface area (Å²) >= 11 is 0. The molecule has 0 radical (unpaired) electrons. The molecule has 1 fully saturated rings. The molecule has 1 amide bonds. The highest BCUT2D eigenvalue weighted by atomic mass is 16.5. The topological polar surface area (TPSA) is 72.6 Å². The van der Waals surface area contributed by atoms with Crippen molar-refractivity contribution >= 4 is 11.9 Å². The summed E-state index contributed by atoms with van der Waals surface area (Å²) in [4.78, 5) is 25.1. The Kier molecular flexibility index (Phi) is 4.93. The predicted octanol–water partition coefficient (Wildman–Crippen LogP) is 0.524. The van der Waals surface area contributed by atoms with Crippen molar-refractivity contribution in [3.63, 3.8) is 0 Å². The summed E-state index contributed by atoms with van der Waals surface area (Å²) in [5.41, 5.74) is 5.83. The van der Waals surface area contributed by atoms with Gasteiger partial charge >= 0.3 is 5.97 Å². The fourth-order valence-corrected chi connectivity index (χ4v) is 1.60. The van der Waals surface area contributed by atoms with Gasteiger partial charge in [-0.15, -0.1) is 0 Å². The predicted molar refractivity (Wildman–Crippen MR) is 64.2 cm³/mol. The lowest BCUT2D eigenvalue weighted by Gasteiger charge is -2.26. The van der Waals surface area contributed by atoms with E-state index in [2.05, 4.69) is 0 Å². The second-order valence-corrected chi connectivity index (χ2v) is 4.77. The van der Waals surface area contributed by atoms with E-state index < -0.39 is 6.04 Å². The van der Waals surface area contributed by atoms with Crippen molar-refractivity contribution in [2.75, 3.05) is 13.2 Å². The summed E-state index contributed by atoms with van der Waals surface area (Å²) in [6.45, 7) is 5.91. The minimum Gasteiger partial charge on any atom is -0.465 e. The molecule has 0 bridgehead atoms. The van der Waals surface area contributed by atoms with Crippen LogP contribution in [0.25, 0.3) is 0 Å². The summed E-state index contributed by atoms with van der Waals surface area (Å²) in [6.07, 6.45) is 1.91. The van der Waals surface area contributed by atoms with Crippen LogP contribution in [0.3, 0.4) is 0 Å². The Hall–Kier alpha value is -1.10. The van der Waals surface area contributed by atoms with Crippen LogP contribution in [0.15, 0.2) is 0 Å². The van der Waals surface area contributed by atoms with Crippen molar-refractivity contribution in [1.29, 1.82) is 0 Å². The molecule has 5 heteroatoms. The van der Waals surface area contributed by atoms with Crippen LogP contribution in [0.4, 0.5) is 0 Å². The van der Waals surface area contributed by atoms with Crippen molar-refractivity contribution in [3.05, 3.63) is 0 Å².